The molecular formula is C16H23N5O. The van der Waals surface area contributed by atoms with Gasteiger partial charge in [-0.2, -0.15) is 0 Å². The first kappa shape index (κ1) is 16.0. The standard InChI is InChI=1S/C16H23N5O/c1-3-20(4-2)13-11-17-16(22)18-15-10-12-21(19-15)14-8-6-5-7-9-14/h5-10,12H,3-4,11,13H2,1-2H3,(H2,17,18,19,22). The van der Waals surface area contributed by atoms with Gasteiger partial charge in [0.15, 0.2) is 5.82 Å². The fourth-order valence-electron chi connectivity index (χ4n) is 2.14. The van der Waals surface area contributed by atoms with E-state index < -0.39 is 0 Å². The maximum atomic E-state index is 11.8. The van der Waals surface area contributed by atoms with Gasteiger partial charge in [0.1, 0.15) is 0 Å². The van der Waals surface area contributed by atoms with Gasteiger partial charge in [-0.05, 0) is 25.2 Å². The van der Waals surface area contributed by atoms with Gasteiger partial charge >= 0.3 is 6.03 Å². The van der Waals surface area contributed by atoms with Crippen molar-refractivity contribution < 1.29 is 4.79 Å². The van der Waals surface area contributed by atoms with Crippen LogP contribution in [0, 0.1) is 0 Å². The molecule has 22 heavy (non-hydrogen) atoms. The molecule has 0 fully saturated rings. The van der Waals surface area contributed by atoms with Gasteiger partial charge in [-0.15, -0.1) is 5.10 Å². The van der Waals surface area contributed by atoms with Gasteiger partial charge in [-0.1, -0.05) is 32.0 Å². The molecule has 1 aromatic carbocycles. The van der Waals surface area contributed by atoms with Gasteiger partial charge < -0.3 is 10.2 Å². The number of hydrogen-bond donors (Lipinski definition) is 2. The molecule has 0 aliphatic heterocycles. The molecule has 0 aliphatic carbocycles. The summed E-state index contributed by atoms with van der Waals surface area (Å²) in [7, 11) is 0. The van der Waals surface area contributed by atoms with Crippen LogP contribution >= 0.6 is 0 Å². The van der Waals surface area contributed by atoms with Crippen LogP contribution in [-0.4, -0.2) is 46.9 Å². The predicted octanol–water partition coefficient (Wildman–Crippen LogP) is 2.34. The van der Waals surface area contributed by atoms with Crippen LogP contribution < -0.4 is 10.6 Å². The molecule has 6 heteroatoms. The van der Waals surface area contributed by atoms with Crippen LogP contribution in [0.4, 0.5) is 10.6 Å². The van der Waals surface area contributed by atoms with Crippen LogP contribution in [0.5, 0.6) is 0 Å². The minimum atomic E-state index is -0.231. The van der Waals surface area contributed by atoms with Crippen molar-refractivity contribution in [1.29, 1.82) is 0 Å². The molecule has 1 aromatic heterocycles. The highest BCUT2D eigenvalue weighted by molar-refractivity contribution is 5.88. The van der Waals surface area contributed by atoms with Crippen molar-refractivity contribution in [3.05, 3.63) is 42.6 Å². The average molecular weight is 301 g/mol. The van der Waals surface area contributed by atoms with Crippen molar-refractivity contribution in [2.45, 2.75) is 13.8 Å². The van der Waals surface area contributed by atoms with Crippen LogP contribution in [0.25, 0.3) is 5.69 Å². The molecule has 0 atom stereocenters. The lowest BCUT2D eigenvalue weighted by Gasteiger charge is -2.17. The molecule has 1 heterocycles. The summed E-state index contributed by atoms with van der Waals surface area (Å²) >= 11 is 0. The first-order valence-corrected chi connectivity index (χ1v) is 7.61. The van der Waals surface area contributed by atoms with Crippen molar-refractivity contribution in [3.63, 3.8) is 0 Å². The molecule has 2 rings (SSSR count). The molecule has 0 bridgehead atoms. The van der Waals surface area contributed by atoms with Gasteiger partial charge in [0.25, 0.3) is 0 Å². The molecule has 2 aromatic rings. The topological polar surface area (TPSA) is 62.2 Å². The third kappa shape index (κ3) is 4.60. The Morgan fingerprint density at radius 2 is 1.91 bits per heavy atom. The summed E-state index contributed by atoms with van der Waals surface area (Å²) in [6, 6.07) is 11.3. The van der Waals surface area contributed by atoms with E-state index in [9.17, 15) is 4.79 Å². The smallest absolute Gasteiger partial charge is 0.320 e. The number of urea groups is 1. The number of amides is 2. The number of nitrogens with zero attached hydrogens (tertiary/aromatic N) is 3. The highest BCUT2D eigenvalue weighted by atomic mass is 16.2. The summed E-state index contributed by atoms with van der Waals surface area (Å²) in [6.07, 6.45) is 1.82. The highest BCUT2D eigenvalue weighted by Crippen LogP contribution is 2.09. The second-order valence-corrected chi connectivity index (χ2v) is 4.89. The zero-order valence-electron chi connectivity index (χ0n) is 13.1. The number of benzene rings is 1. The third-order valence-electron chi connectivity index (χ3n) is 3.46. The van der Waals surface area contributed by atoms with Crippen molar-refractivity contribution in [2.24, 2.45) is 0 Å². The fraction of sp³-hybridized carbons (Fsp3) is 0.375. The maximum Gasteiger partial charge on any atom is 0.320 e. The van der Waals surface area contributed by atoms with Crippen LogP contribution in [0.3, 0.4) is 0 Å². The lowest BCUT2D eigenvalue weighted by Crippen LogP contribution is -2.37. The van der Waals surface area contributed by atoms with Crippen LogP contribution in [-0.2, 0) is 0 Å². The number of carbonyl (C=O) groups excluding carboxylic acids is 1. The van der Waals surface area contributed by atoms with E-state index in [1.165, 1.54) is 0 Å². The third-order valence-corrected chi connectivity index (χ3v) is 3.46. The molecule has 6 nitrogen and oxygen atoms in total. The number of likely N-dealkylation sites (N-methyl/N-ethyl adjacent to an activating group) is 1. The van der Waals surface area contributed by atoms with Gasteiger partial charge in [0, 0.05) is 25.4 Å². The minimum absolute atomic E-state index is 0.231. The van der Waals surface area contributed by atoms with E-state index in [4.69, 9.17) is 0 Å². The van der Waals surface area contributed by atoms with Crippen molar-refractivity contribution in [2.75, 3.05) is 31.5 Å². The SMILES string of the molecule is CCN(CC)CCNC(=O)Nc1ccn(-c2ccccc2)n1. The Kier molecular flexibility index (Phi) is 5.97. The van der Waals surface area contributed by atoms with Crippen molar-refractivity contribution in [3.8, 4) is 5.69 Å². The monoisotopic (exact) mass is 301 g/mol. The number of hydrogen-bond acceptors (Lipinski definition) is 3. The summed E-state index contributed by atoms with van der Waals surface area (Å²) in [5.74, 6) is 0.532. The molecule has 0 saturated carbocycles. The minimum Gasteiger partial charge on any atom is -0.337 e. The molecule has 2 N–H and O–H groups in total. The quantitative estimate of drug-likeness (QED) is 0.825. The molecule has 0 radical (unpaired) electrons. The number of para-hydroxylation sites is 1. The Morgan fingerprint density at radius 3 is 2.59 bits per heavy atom. The Hall–Kier alpha value is -2.34. The van der Waals surface area contributed by atoms with Gasteiger partial charge in [-0.3, -0.25) is 5.32 Å². The van der Waals surface area contributed by atoms with E-state index in [2.05, 4.69) is 34.5 Å². The molecule has 0 spiro atoms. The predicted molar refractivity (Wildman–Crippen MR) is 88.4 cm³/mol. The number of carbonyl (C=O) groups is 1. The van der Waals surface area contributed by atoms with E-state index in [1.807, 2.05) is 36.5 Å². The lowest BCUT2D eigenvalue weighted by molar-refractivity contribution is 0.247. The first-order chi connectivity index (χ1) is 10.7. The van der Waals surface area contributed by atoms with Crippen molar-refractivity contribution >= 4 is 11.8 Å². The van der Waals surface area contributed by atoms with Gasteiger partial charge in [0.05, 0.1) is 5.69 Å². The van der Waals surface area contributed by atoms with Crippen LogP contribution in [0.2, 0.25) is 0 Å². The van der Waals surface area contributed by atoms with E-state index in [0.29, 0.717) is 12.4 Å². The highest BCUT2D eigenvalue weighted by Gasteiger charge is 2.06. The lowest BCUT2D eigenvalue weighted by atomic mass is 10.3. The van der Waals surface area contributed by atoms with Gasteiger partial charge in [0.2, 0.25) is 0 Å². The first-order valence-electron chi connectivity index (χ1n) is 7.61. The summed E-state index contributed by atoms with van der Waals surface area (Å²) in [6.45, 7) is 7.66. The van der Waals surface area contributed by atoms with Crippen molar-refractivity contribution in [1.82, 2.24) is 20.0 Å². The Labute approximate surface area is 131 Å². The molecule has 2 amide bonds. The normalized spacial score (nSPS) is 10.7. The second-order valence-electron chi connectivity index (χ2n) is 4.89. The maximum absolute atomic E-state index is 11.8. The van der Waals surface area contributed by atoms with E-state index >= 15 is 0 Å². The molecule has 118 valence electrons. The van der Waals surface area contributed by atoms with E-state index in [-0.39, 0.29) is 6.03 Å². The largest absolute Gasteiger partial charge is 0.337 e. The second kappa shape index (κ2) is 8.19. The Morgan fingerprint density at radius 1 is 1.18 bits per heavy atom. The molecular weight excluding hydrogens is 278 g/mol. The summed E-state index contributed by atoms with van der Waals surface area (Å²) in [5.41, 5.74) is 0.956. The zero-order valence-corrected chi connectivity index (χ0v) is 13.1. The summed E-state index contributed by atoms with van der Waals surface area (Å²) in [4.78, 5) is 14.1. The number of aromatic nitrogens is 2. The van der Waals surface area contributed by atoms with Crippen LogP contribution in [0.1, 0.15) is 13.8 Å². The number of nitrogens with one attached hydrogen (secondary N) is 2. The molecule has 0 saturated heterocycles. The number of anilines is 1. The number of rotatable bonds is 7. The van der Waals surface area contributed by atoms with E-state index in [1.54, 1.807) is 10.7 Å². The fourth-order valence-corrected chi connectivity index (χ4v) is 2.14. The Bertz CT molecular complexity index is 577. The average Bonchev–Trinajstić information content (AvgIpc) is 3.01. The molecule has 0 unspecified atom stereocenters. The summed E-state index contributed by atoms with van der Waals surface area (Å²) in [5, 5.41) is 9.91. The van der Waals surface area contributed by atoms with E-state index in [0.717, 1.165) is 25.3 Å². The van der Waals surface area contributed by atoms with Gasteiger partial charge in [-0.25, -0.2) is 9.48 Å². The summed E-state index contributed by atoms with van der Waals surface area (Å²) < 4.78 is 1.73. The Balaban J connectivity index is 1.81. The zero-order chi connectivity index (χ0) is 15.8. The van der Waals surface area contributed by atoms with Crippen LogP contribution in [0.15, 0.2) is 42.6 Å². The molecule has 0 aliphatic rings.